The summed E-state index contributed by atoms with van der Waals surface area (Å²) in [7, 11) is 0. The topological polar surface area (TPSA) is 56.5 Å². The molecule has 5 rings (SSSR count). The number of para-hydroxylation sites is 1. The van der Waals surface area contributed by atoms with Gasteiger partial charge in [0.1, 0.15) is 5.92 Å². The van der Waals surface area contributed by atoms with E-state index in [4.69, 9.17) is 9.94 Å². The molecule has 0 unspecified atom stereocenters. The first-order valence-electron chi connectivity index (χ1n) is 11.9. The third-order valence-electron chi connectivity index (χ3n) is 6.48. The summed E-state index contributed by atoms with van der Waals surface area (Å²) in [4.78, 5) is 19.1. The molecule has 0 spiro atoms. The van der Waals surface area contributed by atoms with E-state index < -0.39 is 11.9 Å². The predicted molar refractivity (Wildman–Crippen MR) is 138 cm³/mol. The molecule has 1 heterocycles. The van der Waals surface area contributed by atoms with Crippen LogP contribution >= 0.6 is 0 Å². The van der Waals surface area contributed by atoms with E-state index in [0.717, 1.165) is 45.9 Å². The second-order valence-electron chi connectivity index (χ2n) is 9.87. The molecule has 5 nitrogen and oxygen atoms in total. The summed E-state index contributed by atoms with van der Waals surface area (Å²) in [5, 5.41) is 9.30. The monoisotopic (exact) mass is 463 g/mol. The van der Waals surface area contributed by atoms with E-state index in [2.05, 4.69) is 31.1 Å². The van der Waals surface area contributed by atoms with Crippen molar-refractivity contribution in [1.82, 2.24) is 9.78 Å². The molecule has 1 aliphatic carbocycles. The van der Waals surface area contributed by atoms with Crippen LogP contribution in [0.25, 0.3) is 5.69 Å². The van der Waals surface area contributed by atoms with Gasteiger partial charge >= 0.3 is 5.97 Å². The molecule has 0 amide bonds. The molecule has 35 heavy (non-hydrogen) atoms. The highest BCUT2D eigenvalue weighted by molar-refractivity contribution is 6.04. The lowest BCUT2D eigenvalue weighted by atomic mass is 9.75. The Morgan fingerprint density at radius 3 is 2.00 bits per heavy atom. The minimum absolute atomic E-state index is 0.0461. The lowest BCUT2D eigenvalue weighted by molar-refractivity contribution is -0.144. The lowest BCUT2D eigenvalue weighted by Crippen LogP contribution is -2.29. The SMILES string of the molecule is Cc1nn(-c2ccccc2)c2c1/C(=N/OC(=O)C(c1ccccc1)c1ccccc1)CC(C)(C)C2. The number of oxime groups is 1. The average molecular weight is 464 g/mol. The minimum Gasteiger partial charge on any atom is -0.317 e. The molecule has 0 fully saturated rings. The smallest absolute Gasteiger partial charge is 0.317 e. The van der Waals surface area contributed by atoms with Gasteiger partial charge in [0.2, 0.25) is 0 Å². The van der Waals surface area contributed by atoms with Crippen LogP contribution in [0.15, 0.2) is 96.2 Å². The van der Waals surface area contributed by atoms with Gasteiger partial charge in [-0.1, -0.05) is 97.9 Å². The highest BCUT2D eigenvalue weighted by Gasteiger charge is 2.35. The molecule has 0 bridgehead atoms. The summed E-state index contributed by atoms with van der Waals surface area (Å²) in [6, 6.07) is 29.5. The van der Waals surface area contributed by atoms with Gasteiger partial charge in [0.25, 0.3) is 0 Å². The first kappa shape index (κ1) is 22.8. The maximum absolute atomic E-state index is 13.4. The summed E-state index contributed by atoms with van der Waals surface area (Å²) in [5.74, 6) is -0.945. The van der Waals surface area contributed by atoms with Crippen molar-refractivity contribution in [3.8, 4) is 5.69 Å². The van der Waals surface area contributed by atoms with Crippen molar-refractivity contribution in [2.24, 2.45) is 10.6 Å². The number of hydrogen-bond donors (Lipinski definition) is 0. The van der Waals surface area contributed by atoms with Gasteiger partial charge in [0.15, 0.2) is 0 Å². The molecule has 0 radical (unpaired) electrons. The van der Waals surface area contributed by atoms with Crippen LogP contribution in [-0.2, 0) is 16.1 Å². The first-order valence-corrected chi connectivity index (χ1v) is 11.9. The fourth-order valence-corrected chi connectivity index (χ4v) is 4.94. The van der Waals surface area contributed by atoms with Gasteiger partial charge in [-0.25, -0.2) is 9.48 Å². The van der Waals surface area contributed by atoms with E-state index in [1.54, 1.807) is 0 Å². The van der Waals surface area contributed by atoms with Crippen molar-refractivity contribution in [3.05, 3.63) is 119 Å². The molecule has 4 aromatic rings. The van der Waals surface area contributed by atoms with Crippen LogP contribution in [0.1, 0.15) is 54.3 Å². The number of carbonyl (C=O) groups excluding carboxylic acids is 1. The molecule has 1 aromatic heterocycles. The Hall–Kier alpha value is -3.99. The standard InChI is InChI=1S/C30H29N3O2/c1-21-27-25(19-30(2,3)20-26(27)33(31-21)24-17-11-6-12-18-24)32-35-29(34)28(22-13-7-4-8-14-22)23-15-9-5-10-16-23/h4-18,28H,19-20H2,1-3H3/b32-25+. The summed E-state index contributed by atoms with van der Waals surface area (Å²) in [6.07, 6.45) is 1.57. The molecule has 0 saturated heterocycles. The molecular weight excluding hydrogens is 434 g/mol. The summed E-state index contributed by atoms with van der Waals surface area (Å²) in [6.45, 7) is 6.41. The second-order valence-corrected chi connectivity index (χ2v) is 9.87. The molecular formula is C30H29N3O2. The Labute approximate surface area is 206 Å². The second kappa shape index (κ2) is 9.34. The van der Waals surface area contributed by atoms with Crippen LogP contribution in [0.2, 0.25) is 0 Å². The van der Waals surface area contributed by atoms with Crippen molar-refractivity contribution >= 4 is 11.7 Å². The number of carbonyl (C=O) groups is 1. The molecule has 1 aliphatic rings. The van der Waals surface area contributed by atoms with E-state index >= 15 is 0 Å². The van der Waals surface area contributed by atoms with Crippen LogP contribution in [0.5, 0.6) is 0 Å². The molecule has 0 saturated carbocycles. The number of benzene rings is 3. The lowest BCUT2D eigenvalue weighted by Gasteiger charge is -2.30. The fraction of sp³-hybridized carbons (Fsp3) is 0.233. The maximum atomic E-state index is 13.4. The quantitative estimate of drug-likeness (QED) is 0.260. The molecule has 5 heteroatoms. The summed E-state index contributed by atoms with van der Waals surface area (Å²) < 4.78 is 2.00. The van der Waals surface area contributed by atoms with Crippen molar-refractivity contribution in [2.45, 2.75) is 39.5 Å². The Bertz CT molecular complexity index is 1320. The average Bonchev–Trinajstić information content (AvgIpc) is 3.19. The van der Waals surface area contributed by atoms with E-state index in [9.17, 15) is 4.79 Å². The first-order chi connectivity index (χ1) is 16.9. The van der Waals surface area contributed by atoms with Crippen molar-refractivity contribution in [2.75, 3.05) is 0 Å². The predicted octanol–water partition coefficient (Wildman–Crippen LogP) is 6.23. The van der Waals surface area contributed by atoms with E-state index in [0.29, 0.717) is 6.42 Å². The van der Waals surface area contributed by atoms with E-state index in [1.165, 1.54) is 0 Å². The number of hydrogen-bond acceptors (Lipinski definition) is 4. The number of aromatic nitrogens is 2. The van der Waals surface area contributed by atoms with Crippen molar-refractivity contribution < 1.29 is 9.63 Å². The summed E-state index contributed by atoms with van der Waals surface area (Å²) >= 11 is 0. The number of rotatable bonds is 5. The largest absolute Gasteiger partial charge is 0.346 e. The Balaban J connectivity index is 1.51. The van der Waals surface area contributed by atoms with E-state index in [-0.39, 0.29) is 5.41 Å². The van der Waals surface area contributed by atoms with Gasteiger partial charge < -0.3 is 4.84 Å². The van der Waals surface area contributed by atoms with Crippen LogP contribution in [-0.4, -0.2) is 21.5 Å². The van der Waals surface area contributed by atoms with Crippen LogP contribution in [0, 0.1) is 12.3 Å². The maximum Gasteiger partial charge on any atom is 0.346 e. The Morgan fingerprint density at radius 1 is 0.886 bits per heavy atom. The van der Waals surface area contributed by atoms with Gasteiger partial charge in [0.05, 0.1) is 22.8 Å². The number of nitrogens with zero attached hydrogens (tertiary/aromatic N) is 3. The molecule has 0 N–H and O–H groups in total. The van der Waals surface area contributed by atoms with Gasteiger partial charge in [-0.3, -0.25) is 0 Å². The highest BCUT2D eigenvalue weighted by atomic mass is 16.7. The van der Waals surface area contributed by atoms with Crippen LogP contribution in [0.3, 0.4) is 0 Å². The zero-order valence-corrected chi connectivity index (χ0v) is 20.3. The number of fused-ring (bicyclic) bond motifs is 1. The minimum atomic E-state index is -0.550. The molecule has 0 atom stereocenters. The third-order valence-corrected chi connectivity index (χ3v) is 6.48. The van der Waals surface area contributed by atoms with E-state index in [1.807, 2.05) is 90.5 Å². The number of aryl methyl sites for hydroxylation is 1. The van der Waals surface area contributed by atoms with Crippen LogP contribution < -0.4 is 0 Å². The molecule has 0 aliphatic heterocycles. The van der Waals surface area contributed by atoms with Crippen molar-refractivity contribution in [3.63, 3.8) is 0 Å². The van der Waals surface area contributed by atoms with Gasteiger partial charge in [-0.15, -0.1) is 0 Å². The van der Waals surface area contributed by atoms with Gasteiger partial charge in [-0.05, 0) is 48.4 Å². The Morgan fingerprint density at radius 2 is 1.43 bits per heavy atom. The fourth-order valence-electron chi connectivity index (χ4n) is 4.94. The third kappa shape index (κ3) is 4.67. The van der Waals surface area contributed by atoms with Crippen LogP contribution in [0.4, 0.5) is 0 Å². The Kier molecular flexibility index (Phi) is 6.08. The van der Waals surface area contributed by atoms with Gasteiger partial charge in [-0.2, -0.15) is 5.10 Å². The normalized spacial score (nSPS) is 15.7. The summed E-state index contributed by atoms with van der Waals surface area (Å²) in [5.41, 5.74) is 6.46. The highest BCUT2D eigenvalue weighted by Crippen LogP contribution is 2.38. The van der Waals surface area contributed by atoms with Gasteiger partial charge in [0, 0.05) is 5.56 Å². The molecule has 3 aromatic carbocycles. The zero-order valence-electron chi connectivity index (χ0n) is 20.3. The molecule has 176 valence electrons. The van der Waals surface area contributed by atoms with Crippen molar-refractivity contribution in [1.29, 1.82) is 0 Å². The zero-order chi connectivity index (χ0) is 24.4.